The van der Waals surface area contributed by atoms with Crippen LogP contribution < -0.4 is 0 Å². The SMILES string of the molecule is CC(C)C[C@H](CO)N1C(=O)[C@@H]2[C@H]3C(=O)N(C)CC=C[C@@]3(C)S[C@@]23C=CCN(C(C)(C)CC(C)(C)C)C(=O)C13. The molecule has 0 aliphatic carbocycles. The van der Waals surface area contributed by atoms with Crippen LogP contribution in [0, 0.1) is 23.2 Å². The lowest BCUT2D eigenvalue weighted by atomic mass is 9.74. The number of thioether (sulfide) groups is 1. The molecule has 7 nitrogen and oxygen atoms in total. The minimum atomic E-state index is -0.886. The zero-order valence-electron chi connectivity index (χ0n) is 24.7. The Hall–Kier alpha value is -1.80. The van der Waals surface area contributed by atoms with E-state index in [0.717, 1.165) is 6.42 Å². The van der Waals surface area contributed by atoms with Crippen LogP contribution in [-0.2, 0) is 14.4 Å². The second kappa shape index (κ2) is 9.69. The summed E-state index contributed by atoms with van der Waals surface area (Å²) in [4.78, 5) is 48.4. The molecule has 4 heterocycles. The Morgan fingerprint density at radius 1 is 1.00 bits per heavy atom. The number of hydrogen-bond acceptors (Lipinski definition) is 5. The highest BCUT2D eigenvalue weighted by Crippen LogP contribution is 2.66. The average molecular weight is 546 g/mol. The Balaban J connectivity index is 1.90. The summed E-state index contributed by atoms with van der Waals surface area (Å²) in [5.41, 5.74) is -0.445. The van der Waals surface area contributed by atoms with Gasteiger partial charge in [-0.2, -0.15) is 0 Å². The van der Waals surface area contributed by atoms with E-state index in [1.54, 1.807) is 28.6 Å². The third-order valence-corrected chi connectivity index (χ3v) is 10.5. The Morgan fingerprint density at radius 3 is 2.21 bits per heavy atom. The third kappa shape index (κ3) is 4.63. The zero-order chi connectivity index (χ0) is 28.4. The van der Waals surface area contributed by atoms with Gasteiger partial charge in [0.15, 0.2) is 0 Å². The Morgan fingerprint density at radius 2 is 1.63 bits per heavy atom. The molecule has 0 bridgehead atoms. The second-order valence-electron chi connectivity index (χ2n) is 14.2. The van der Waals surface area contributed by atoms with Crippen LogP contribution in [0.3, 0.4) is 0 Å². The number of hydrogen-bond donors (Lipinski definition) is 1. The Labute approximate surface area is 233 Å². The van der Waals surface area contributed by atoms with E-state index in [1.165, 1.54) is 0 Å². The van der Waals surface area contributed by atoms with E-state index in [4.69, 9.17) is 0 Å². The first-order valence-corrected chi connectivity index (χ1v) is 14.9. The highest BCUT2D eigenvalue weighted by molar-refractivity contribution is 8.02. The largest absolute Gasteiger partial charge is 0.394 e. The fourth-order valence-corrected chi connectivity index (χ4v) is 9.88. The number of aliphatic hydroxyl groups is 1. The van der Waals surface area contributed by atoms with Gasteiger partial charge in [0, 0.05) is 30.4 Å². The van der Waals surface area contributed by atoms with Crippen molar-refractivity contribution in [3.05, 3.63) is 24.3 Å². The molecule has 1 spiro atoms. The van der Waals surface area contributed by atoms with Crippen molar-refractivity contribution in [3.8, 4) is 0 Å². The third-order valence-electron chi connectivity index (χ3n) is 8.74. The maximum absolute atomic E-state index is 14.8. The summed E-state index contributed by atoms with van der Waals surface area (Å²) in [6.07, 6.45) is 9.59. The summed E-state index contributed by atoms with van der Waals surface area (Å²) in [7, 11) is 1.78. The number of amides is 3. The van der Waals surface area contributed by atoms with Crippen LogP contribution in [0.1, 0.15) is 68.2 Å². The number of fused-ring (bicyclic) bond motifs is 2. The van der Waals surface area contributed by atoms with Gasteiger partial charge in [-0.3, -0.25) is 14.4 Å². The van der Waals surface area contributed by atoms with E-state index in [1.807, 2.05) is 24.0 Å². The first kappa shape index (κ1) is 29.2. The van der Waals surface area contributed by atoms with Crippen molar-refractivity contribution in [1.82, 2.24) is 14.7 Å². The van der Waals surface area contributed by atoms with E-state index < -0.39 is 39.0 Å². The summed E-state index contributed by atoms with van der Waals surface area (Å²) in [6, 6.07) is -1.27. The van der Waals surface area contributed by atoms with Crippen LogP contribution in [0.15, 0.2) is 24.3 Å². The molecule has 0 aromatic heterocycles. The van der Waals surface area contributed by atoms with Crippen LogP contribution in [-0.4, -0.2) is 91.4 Å². The highest BCUT2D eigenvalue weighted by Gasteiger charge is 2.74. The van der Waals surface area contributed by atoms with Gasteiger partial charge in [0.05, 0.1) is 29.2 Å². The number of carbonyl (C=O) groups excluding carboxylic acids is 3. The maximum Gasteiger partial charge on any atom is 0.247 e. The van der Waals surface area contributed by atoms with Crippen LogP contribution in [0.4, 0.5) is 0 Å². The molecule has 0 radical (unpaired) electrons. The topological polar surface area (TPSA) is 81.2 Å². The van der Waals surface area contributed by atoms with Crippen molar-refractivity contribution in [1.29, 1.82) is 0 Å². The molecule has 0 aromatic rings. The summed E-state index contributed by atoms with van der Waals surface area (Å²) in [5, 5.41) is 10.5. The van der Waals surface area contributed by atoms with Gasteiger partial charge in [-0.25, -0.2) is 0 Å². The van der Waals surface area contributed by atoms with Gasteiger partial charge in [0.2, 0.25) is 17.7 Å². The molecule has 0 aromatic carbocycles. The van der Waals surface area contributed by atoms with Crippen LogP contribution >= 0.6 is 11.8 Å². The Kier molecular flexibility index (Phi) is 7.44. The van der Waals surface area contributed by atoms with Crippen LogP contribution in [0.5, 0.6) is 0 Å². The fraction of sp³-hybridized carbons (Fsp3) is 0.767. The van der Waals surface area contributed by atoms with Crippen LogP contribution in [0.25, 0.3) is 0 Å². The van der Waals surface area contributed by atoms with Crippen molar-refractivity contribution >= 4 is 29.5 Å². The van der Waals surface area contributed by atoms with Crippen molar-refractivity contribution in [3.63, 3.8) is 0 Å². The standard InChI is InChI=1S/C30H47N3O4S/c1-19(2)16-20(17-34)33-23-26(37)32(28(6,7)18-27(3,4)5)15-11-13-30(23)22(25(33)36)21-24(35)31(9)14-10-12-29(21,8)38-30/h10-13,19-23,34H,14-18H2,1-9H3/t20-,21+,22+,23?,29-,30+/m1/s1. The summed E-state index contributed by atoms with van der Waals surface area (Å²) in [5.74, 6) is -1.34. The van der Waals surface area contributed by atoms with Gasteiger partial charge in [0.25, 0.3) is 0 Å². The van der Waals surface area contributed by atoms with Gasteiger partial charge in [-0.1, -0.05) is 58.9 Å². The molecule has 1 N–H and O–H groups in total. The molecule has 212 valence electrons. The summed E-state index contributed by atoms with van der Waals surface area (Å²) in [6.45, 7) is 17.6. The average Bonchev–Trinajstić information content (AvgIpc) is 3.05. The smallest absolute Gasteiger partial charge is 0.247 e. The van der Waals surface area contributed by atoms with Crippen LogP contribution in [0.2, 0.25) is 0 Å². The lowest BCUT2D eigenvalue weighted by molar-refractivity contribution is -0.150. The molecule has 0 saturated carbocycles. The minimum absolute atomic E-state index is 0.00105. The van der Waals surface area contributed by atoms with Gasteiger partial charge in [-0.15, -0.1) is 11.8 Å². The summed E-state index contributed by atoms with van der Waals surface area (Å²) < 4.78 is -1.50. The molecule has 8 heteroatoms. The maximum atomic E-state index is 14.8. The number of likely N-dealkylation sites (N-methyl/N-ethyl adjacent to an activating group) is 1. The first-order chi connectivity index (χ1) is 17.5. The predicted molar refractivity (Wildman–Crippen MR) is 152 cm³/mol. The molecule has 1 unspecified atom stereocenters. The van der Waals surface area contributed by atoms with E-state index in [2.05, 4.69) is 60.6 Å². The van der Waals surface area contributed by atoms with E-state index >= 15 is 0 Å². The summed E-state index contributed by atoms with van der Waals surface area (Å²) >= 11 is 1.60. The first-order valence-electron chi connectivity index (χ1n) is 14.0. The molecule has 4 aliphatic heterocycles. The molecule has 4 rings (SSSR count). The van der Waals surface area contributed by atoms with Crippen molar-refractivity contribution < 1.29 is 19.5 Å². The number of nitrogens with zero attached hydrogens (tertiary/aromatic N) is 3. The quantitative estimate of drug-likeness (QED) is 0.515. The molecule has 4 aliphatic rings. The lowest BCUT2D eigenvalue weighted by Gasteiger charge is -2.46. The van der Waals surface area contributed by atoms with Crippen molar-refractivity contribution in [2.24, 2.45) is 23.2 Å². The number of likely N-dealkylation sites (tertiary alicyclic amines) is 1. The molecule has 3 amide bonds. The molecule has 38 heavy (non-hydrogen) atoms. The molecular formula is C30H47N3O4S. The molecule has 2 fully saturated rings. The molecular weight excluding hydrogens is 498 g/mol. The van der Waals surface area contributed by atoms with E-state index in [-0.39, 0.29) is 35.7 Å². The monoisotopic (exact) mass is 545 g/mol. The highest BCUT2D eigenvalue weighted by atomic mass is 32.2. The second-order valence-corrected chi connectivity index (χ2v) is 16.0. The van der Waals surface area contributed by atoms with Crippen molar-refractivity contribution in [2.75, 3.05) is 26.7 Å². The van der Waals surface area contributed by atoms with Gasteiger partial charge in [0.1, 0.15) is 6.04 Å². The fourth-order valence-electron chi connectivity index (χ4n) is 7.73. The number of rotatable bonds is 6. The normalized spacial score (nSPS) is 34.4. The van der Waals surface area contributed by atoms with Gasteiger partial charge < -0.3 is 19.8 Å². The van der Waals surface area contributed by atoms with E-state index in [9.17, 15) is 19.5 Å². The molecule has 6 atom stereocenters. The van der Waals surface area contributed by atoms with E-state index in [0.29, 0.717) is 19.5 Å². The predicted octanol–water partition coefficient (Wildman–Crippen LogP) is 3.72. The number of carbonyl (C=O) groups is 3. The number of aliphatic hydroxyl groups excluding tert-OH is 1. The van der Waals surface area contributed by atoms with Gasteiger partial charge in [-0.05, 0) is 44.9 Å². The zero-order valence-corrected chi connectivity index (χ0v) is 25.5. The molecule has 2 saturated heterocycles. The van der Waals surface area contributed by atoms with Crippen molar-refractivity contribution in [2.45, 2.75) is 95.3 Å². The minimum Gasteiger partial charge on any atom is -0.394 e. The van der Waals surface area contributed by atoms with Gasteiger partial charge >= 0.3 is 0 Å². The Bertz CT molecular complexity index is 1050. The lowest BCUT2D eigenvalue weighted by Crippen LogP contribution is -2.60.